The highest BCUT2D eigenvalue weighted by atomic mass is 16.6. The Morgan fingerprint density at radius 2 is 1.86 bits per heavy atom. The van der Waals surface area contributed by atoms with Crippen molar-refractivity contribution in [1.82, 2.24) is 0 Å². The third-order valence-corrected chi connectivity index (χ3v) is 9.15. The highest BCUT2D eigenvalue weighted by Crippen LogP contribution is 2.72. The molecule has 198 valence electrons. The zero-order valence-electron chi connectivity index (χ0n) is 21.1. The van der Waals surface area contributed by atoms with E-state index in [1.807, 2.05) is 6.92 Å². The number of hydrogen-bond acceptors (Lipinski definition) is 10. The number of aliphatic hydroxyl groups is 1. The van der Waals surface area contributed by atoms with Crippen LogP contribution in [0.5, 0.6) is 0 Å². The van der Waals surface area contributed by atoms with Gasteiger partial charge in [0.15, 0.2) is 12.4 Å². The molecular formula is C26H34O10. The predicted molar refractivity (Wildman–Crippen MR) is 121 cm³/mol. The molecule has 4 aliphatic rings. The highest BCUT2D eigenvalue weighted by molar-refractivity contribution is 5.68. The summed E-state index contributed by atoms with van der Waals surface area (Å²) in [5, 5.41) is 11.6. The number of rotatable bonds is 5. The van der Waals surface area contributed by atoms with E-state index in [1.54, 1.807) is 18.6 Å². The van der Waals surface area contributed by atoms with Crippen molar-refractivity contribution in [2.45, 2.75) is 83.6 Å². The lowest BCUT2D eigenvalue weighted by atomic mass is 9.41. The Labute approximate surface area is 209 Å². The summed E-state index contributed by atoms with van der Waals surface area (Å²) < 4.78 is 35.0. The fourth-order valence-corrected chi connectivity index (χ4v) is 7.66. The quantitative estimate of drug-likeness (QED) is 0.361. The monoisotopic (exact) mass is 506 g/mol. The second kappa shape index (κ2) is 8.85. The van der Waals surface area contributed by atoms with Crippen LogP contribution in [0.2, 0.25) is 0 Å². The van der Waals surface area contributed by atoms with Gasteiger partial charge < -0.3 is 33.2 Å². The molecule has 1 N–H and O–H groups in total. The van der Waals surface area contributed by atoms with Crippen molar-refractivity contribution < 1.29 is 47.6 Å². The van der Waals surface area contributed by atoms with Crippen LogP contribution in [0.3, 0.4) is 0 Å². The van der Waals surface area contributed by atoms with Crippen LogP contribution >= 0.6 is 0 Å². The van der Waals surface area contributed by atoms with E-state index in [1.165, 1.54) is 20.8 Å². The molecule has 0 radical (unpaired) electrons. The van der Waals surface area contributed by atoms with Crippen molar-refractivity contribution in [3.8, 4) is 0 Å². The summed E-state index contributed by atoms with van der Waals surface area (Å²) in [5.74, 6) is -2.34. The maximum absolute atomic E-state index is 12.4. The SMILES string of the molecule is CC(=O)OC[C@@]12[C@H](CCC[C@]13CO3)[C@@]1(C[C@@H](c3ccoc3)O[C@@H]1O)[C@H](C)[C@H](OC(C)=O)[C@@H]2OC(C)=O. The van der Waals surface area contributed by atoms with E-state index in [9.17, 15) is 19.5 Å². The molecule has 4 fully saturated rings. The molecule has 10 heteroatoms. The Morgan fingerprint density at radius 1 is 1.14 bits per heavy atom. The summed E-state index contributed by atoms with van der Waals surface area (Å²) in [5.41, 5.74) is -1.91. The van der Waals surface area contributed by atoms with E-state index in [2.05, 4.69) is 0 Å². The molecule has 0 amide bonds. The first-order valence-electron chi connectivity index (χ1n) is 12.5. The molecule has 0 bridgehead atoms. The number of epoxide rings is 1. The first-order chi connectivity index (χ1) is 17.1. The van der Waals surface area contributed by atoms with Crippen LogP contribution in [0.4, 0.5) is 0 Å². The molecule has 0 unspecified atom stereocenters. The zero-order valence-corrected chi connectivity index (χ0v) is 21.1. The van der Waals surface area contributed by atoms with Gasteiger partial charge in [-0.2, -0.15) is 0 Å². The molecule has 2 saturated carbocycles. The standard InChI is InChI=1S/C26H34O10/c1-14-21(34-16(3)28)22(35-17(4)29)26(13-32-15(2)27)20(6-5-8-24(26)12-33-24)25(14)10-19(36-23(25)30)18-7-9-31-11-18/h7,9,11,14,19-23,30H,5-6,8,10,12-13H2,1-4H3/t14-,19+,20-,21+,22+,23+,24+,25-,26+/m1/s1. The molecule has 10 nitrogen and oxygen atoms in total. The van der Waals surface area contributed by atoms with Crippen LogP contribution in [0.15, 0.2) is 23.0 Å². The van der Waals surface area contributed by atoms with Crippen molar-refractivity contribution >= 4 is 17.9 Å². The Balaban J connectivity index is 1.70. The van der Waals surface area contributed by atoms with E-state index in [0.29, 0.717) is 25.9 Å². The fourth-order valence-electron chi connectivity index (χ4n) is 7.66. The lowest BCUT2D eigenvalue weighted by Crippen LogP contribution is -2.73. The number of carbonyl (C=O) groups is 3. The average Bonchev–Trinajstić information content (AvgIpc) is 3.23. The molecule has 2 spiro atoms. The number of ether oxygens (including phenoxy) is 5. The second-order valence-corrected chi connectivity index (χ2v) is 10.8. The summed E-state index contributed by atoms with van der Waals surface area (Å²) in [7, 11) is 0. The minimum absolute atomic E-state index is 0.0969. The normalized spacial score (nSPS) is 43.1. The van der Waals surface area contributed by atoms with Gasteiger partial charge in [0, 0.05) is 37.7 Å². The number of fused-ring (bicyclic) bond motifs is 3. The van der Waals surface area contributed by atoms with E-state index >= 15 is 0 Å². The smallest absolute Gasteiger partial charge is 0.303 e. The maximum atomic E-state index is 12.4. The van der Waals surface area contributed by atoms with Gasteiger partial charge in [-0.1, -0.05) is 13.3 Å². The van der Waals surface area contributed by atoms with Gasteiger partial charge in [0.1, 0.15) is 18.3 Å². The number of carbonyl (C=O) groups excluding carboxylic acids is 3. The van der Waals surface area contributed by atoms with Gasteiger partial charge in [0.2, 0.25) is 0 Å². The second-order valence-electron chi connectivity index (χ2n) is 10.8. The minimum atomic E-state index is -1.21. The molecule has 9 atom stereocenters. The molecular weight excluding hydrogens is 472 g/mol. The average molecular weight is 507 g/mol. The first-order valence-corrected chi connectivity index (χ1v) is 12.5. The number of furan rings is 1. The highest BCUT2D eigenvalue weighted by Gasteiger charge is 2.80. The van der Waals surface area contributed by atoms with Crippen LogP contribution in [0, 0.1) is 22.7 Å². The zero-order chi connectivity index (χ0) is 25.9. The topological polar surface area (TPSA) is 134 Å². The summed E-state index contributed by atoms with van der Waals surface area (Å²) in [6.07, 6.45) is 2.20. The summed E-state index contributed by atoms with van der Waals surface area (Å²) in [4.78, 5) is 36.9. The van der Waals surface area contributed by atoms with Gasteiger partial charge in [0.05, 0.1) is 30.7 Å². The molecule has 3 heterocycles. The van der Waals surface area contributed by atoms with Crippen molar-refractivity contribution in [2.75, 3.05) is 13.2 Å². The lowest BCUT2D eigenvalue weighted by molar-refractivity contribution is -0.295. The van der Waals surface area contributed by atoms with Crippen LogP contribution < -0.4 is 0 Å². The van der Waals surface area contributed by atoms with Crippen molar-refractivity contribution in [3.05, 3.63) is 24.2 Å². The third-order valence-electron chi connectivity index (χ3n) is 9.15. The molecule has 2 aliphatic carbocycles. The first kappa shape index (κ1) is 25.2. The third kappa shape index (κ3) is 3.60. The number of esters is 3. The Bertz CT molecular complexity index is 1020. The molecule has 2 saturated heterocycles. The molecule has 36 heavy (non-hydrogen) atoms. The van der Waals surface area contributed by atoms with Gasteiger partial charge in [-0.3, -0.25) is 14.4 Å². The van der Waals surface area contributed by atoms with Crippen LogP contribution in [-0.2, 0) is 38.1 Å². The summed E-state index contributed by atoms with van der Waals surface area (Å²) in [6.45, 7) is 6.12. The largest absolute Gasteiger partial charge is 0.472 e. The lowest BCUT2D eigenvalue weighted by Gasteiger charge is -2.64. The van der Waals surface area contributed by atoms with Gasteiger partial charge in [-0.25, -0.2) is 0 Å². The molecule has 0 aromatic carbocycles. The van der Waals surface area contributed by atoms with Crippen LogP contribution in [-0.4, -0.2) is 60.3 Å². The van der Waals surface area contributed by atoms with Gasteiger partial charge in [-0.15, -0.1) is 0 Å². The van der Waals surface area contributed by atoms with Gasteiger partial charge in [0.25, 0.3) is 0 Å². The van der Waals surface area contributed by atoms with Crippen molar-refractivity contribution in [2.24, 2.45) is 22.7 Å². The molecule has 1 aromatic rings. The molecule has 1 aromatic heterocycles. The maximum Gasteiger partial charge on any atom is 0.303 e. The fraction of sp³-hybridized carbons (Fsp3) is 0.731. The minimum Gasteiger partial charge on any atom is -0.472 e. The molecule has 5 rings (SSSR count). The van der Waals surface area contributed by atoms with E-state index < -0.39 is 64.9 Å². The Hall–Kier alpha value is -2.43. The van der Waals surface area contributed by atoms with Crippen molar-refractivity contribution in [3.63, 3.8) is 0 Å². The van der Waals surface area contributed by atoms with Crippen molar-refractivity contribution in [1.29, 1.82) is 0 Å². The van der Waals surface area contributed by atoms with E-state index in [4.69, 9.17) is 28.1 Å². The van der Waals surface area contributed by atoms with E-state index in [0.717, 1.165) is 12.0 Å². The Morgan fingerprint density at radius 3 is 2.44 bits per heavy atom. The summed E-state index contributed by atoms with van der Waals surface area (Å²) in [6, 6.07) is 1.80. The predicted octanol–water partition coefficient (Wildman–Crippen LogP) is 2.68. The Kier molecular flexibility index (Phi) is 6.20. The van der Waals surface area contributed by atoms with Crippen LogP contribution in [0.25, 0.3) is 0 Å². The molecule has 2 aliphatic heterocycles. The van der Waals surface area contributed by atoms with Gasteiger partial charge >= 0.3 is 17.9 Å². The number of hydrogen-bond donors (Lipinski definition) is 1. The van der Waals surface area contributed by atoms with Gasteiger partial charge in [-0.05, 0) is 31.2 Å². The van der Waals surface area contributed by atoms with Crippen LogP contribution in [0.1, 0.15) is 65.0 Å². The summed E-state index contributed by atoms with van der Waals surface area (Å²) >= 11 is 0. The number of aliphatic hydroxyl groups excluding tert-OH is 1. The van der Waals surface area contributed by atoms with E-state index in [-0.39, 0.29) is 12.5 Å².